The Morgan fingerprint density at radius 1 is 1.36 bits per heavy atom. The van der Waals surface area contributed by atoms with Crippen LogP contribution >= 0.6 is 15.9 Å². The molecule has 0 spiro atoms. The summed E-state index contributed by atoms with van der Waals surface area (Å²) in [4.78, 5) is 26.5. The van der Waals surface area contributed by atoms with E-state index in [1.54, 1.807) is 12.1 Å². The van der Waals surface area contributed by atoms with Gasteiger partial charge in [0, 0.05) is 22.6 Å². The average Bonchev–Trinajstić information content (AvgIpc) is 2.76. The number of hydrogen-bond acceptors (Lipinski definition) is 4. The fraction of sp³-hybridized carbons (Fsp3) is 0.500. The van der Waals surface area contributed by atoms with Gasteiger partial charge in [0.2, 0.25) is 0 Å². The summed E-state index contributed by atoms with van der Waals surface area (Å²) < 4.78 is 10.1. The molecule has 6 heteroatoms. The molecule has 0 saturated heterocycles. The van der Waals surface area contributed by atoms with Crippen LogP contribution in [-0.2, 0) is 14.3 Å². The van der Waals surface area contributed by atoms with Crippen molar-refractivity contribution >= 4 is 27.8 Å². The van der Waals surface area contributed by atoms with Crippen LogP contribution in [-0.4, -0.2) is 41.4 Å². The number of hydrogen-bond donors (Lipinski definition) is 0. The summed E-state index contributed by atoms with van der Waals surface area (Å²) in [6.45, 7) is 3.89. The molecule has 1 amide bonds. The number of methoxy groups -OCH3 is 2. The average molecular weight is 370 g/mol. The Kier molecular flexibility index (Phi) is 4.92. The Bertz CT molecular complexity index is 582. The smallest absolute Gasteiger partial charge is 0.328 e. The summed E-state index contributed by atoms with van der Waals surface area (Å²) in [5.74, 6) is -0.662. The predicted octanol–water partition coefficient (Wildman–Crippen LogP) is 2.89. The third kappa shape index (κ3) is 3.17. The predicted molar refractivity (Wildman–Crippen MR) is 85.8 cm³/mol. The summed E-state index contributed by atoms with van der Waals surface area (Å²) >= 11 is 3.53. The topological polar surface area (TPSA) is 55.8 Å². The Labute approximate surface area is 138 Å². The van der Waals surface area contributed by atoms with Crippen molar-refractivity contribution in [1.29, 1.82) is 0 Å². The first kappa shape index (κ1) is 17.0. The Hall–Kier alpha value is -1.40. The summed E-state index contributed by atoms with van der Waals surface area (Å²) in [5, 5.41) is 0. The highest BCUT2D eigenvalue weighted by atomic mass is 79.9. The van der Waals surface area contributed by atoms with E-state index in [4.69, 9.17) is 9.47 Å². The van der Waals surface area contributed by atoms with Crippen molar-refractivity contribution in [2.45, 2.75) is 36.9 Å². The van der Waals surface area contributed by atoms with Crippen LogP contribution in [0.1, 0.15) is 42.4 Å². The minimum absolute atomic E-state index is 0.213. The zero-order valence-electron chi connectivity index (χ0n) is 13.1. The lowest BCUT2D eigenvalue weighted by Gasteiger charge is -2.33. The number of ether oxygens (including phenoxy) is 2. The normalized spacial score (nSPS) is 19.0. The lowest BCUT2D eigenvalue weighted by Crippen LogP contribution is -2.47. The van der Waals surface area contributed by atoms with E-state index in [1.807, 2.05) is 26.0 Å². The number of benzene rings is 1. The van der Waals surface area contributed by atoms with Crippen LogP contribution < -0.4 is 0 Å². The minimum Gasteiger partial charge on any atom is -0.467 e. The van der Waals surface area contributed by atoms with Crippen LogP contribution in [0, 0.1) is 0 Å². The molecule has 5 nitrogen and oxygen atoms in total. The highest BCUT2D eigenvalue weighted by molar-refractivity contribution is 9.10. The molecule has 0 fully saturated rings. The zero-order valence-corrected chi connectivity index (χ0v) is 14.7. The lowest BCUT2D eigenvalue weighted by atomic mass is 10.0. The van der Waals surface area contributed by atoms with Gasteiger partial charge in [-0.05, 0) is 26.3 Å². The minimum atomic E-state index is -0.718. The van der Waals surface area contributed by atoms with Crippen molar-refractivity contribution in [3.05, 3.63) is 35.4 Å². The van der Waals surface area contributed by atoms with Crippen molar-refractivity contribution in [3.63, 3.8) is 0 Å². The second-order valence-corrected chi connectivity index (χ2v) is 8.00. The molecule has 1 aromatic rings. The van der Waals surface area contributed by atoms with Crippen LogP contribution in [0.25, 0.3) is 0 Å². The highest BCUT2D eigenvalue weighted by Crippen LogP contribution is 2.38. The van der Waals surface area contributed by atoms with Gasteiger partial charge in [0.25, 0.3) is 5.91 Å². The maximum Gasteiger partial charge on any atom is 0.328 e. The largest absolute Gasteiger partial charge is 0.467 e. The number of amides is 1. The van der Waals surface area contributed by atoms with Gasteiger partial charge in [-0.1, -0.05) is 34.1 Å². The van der Waals surface area contributed by atoms with Gasteiger partial charge in [0.1, 0.15) is 6.04 Å². The fourth-order valence-corrected chi connectivity index (χ4v) is 3.05. The number of carbonyl (C=O) groups excluding carboxylic acids is 2. The molecule has 1 aliphatic heterocycles. The maximum atomic E-state index is 12.7. The van der Waals surface area contributed by atoms with Crippen LogP contribution in [0.2, 0.25) is 0 Å². The maximum absolute atomic E-state index is 12.7. The molecule has 0 bridgehead atoms. The van der Waals surface area contributed by atoms with E-state index in [0.29, 0.717) is 12.0 Å². The second kappa shape index (κ2) is 6.38. The van der Waals surface area contributed by atoms with Crippen molar-refractivity contribution in [3.8, 4) is 0 Å². The summed E-state index contributed by atoms with van der Waals surface area (Å²) in [6.07, 6.45) is -0.165. The van der Waals surface area contributed by atoms with E-state index >= 15 is 0 Å². The lowest BCUT2D eigenvalue weighted by molar-refractivity contribution is -0.151. The number of esters is 1. The fourth-order valence-electron chi connectivity index (χ4n) is 2.74. The quantitative estimate of drug-likeness (QED) is 0.591. The molecule has 2 atom stereocenters. The number of nitrogens with zero attached hydrogens (tertiary/aromatic N) is 1. The number of carbonyl (C=O) groups is 2. The number of halogens is 1. The number of fused-ring (bicyclic) bond motifs is 1. The summed E-state index contributed by atoms with van der Waals surface area (Å²) in [7, 11) is 2.85. The number of rotatable bonds is 5. The second-order valence-electron chi connectivity index (χ2n) is 5.85. The Balaban J connectivity index is 2.43. The van der Waals surface area contributed by atoms with Gasteiger partial charge in [-0.15, -0.1) is 0 Å². The first-order chi connectivity index (χ1) is 10.3. The first-order valence-corrected chi connectivity index (χ1v) is 7.80. The molecule has 0 saturated carbocycles. The third-order valence-electron chi connectivity index (χ3n) is 3.66. The van der Waals surface area contributed by atoms with E-state index in [9.17, 15) is 9.59 Å². The van der Waals surface area contributed by atoms with Crippen LogP contribution in [0.4, 0.5) is 0 Å². The molecule has 0 radical (unpaired) electrons. The molecule has 0 N–H and O–H groups in total. The van der Waals surface area contributed by atoms with E-state index in [-0.39, 0.29) is 10.2 Å². The van der Waals surface area contributed by atoms with Crippen molar-refractivity contribution < 1.29 is 19.1 Å². The van der Waals surface area contributed by atoms with Gasteiger partial charge < -0.3 is 9.47 Å². The van der Waals surface area contributed by atoms with Gasteiger partial charge >= 0.3 is 5.97 Å². The molecule has 0 unspecified atom stereocenters. The van der Waals surface area contributed by atoms with Crippen molar-refractivity contribution in [1.82, 2.24) is 4.90 Å². The monoisotopic (exact) mass is 369 g/mol. The molecule has 120 valence electrons. The molecule has 2 rings (SSSR count). The summed E-state index contributed by atoms with van der Waals surface area (Å²) in [5.41, 5.74) is 1.34. The Morgan fingerprint density at radius 3 is 2.55 bits per heavy atom. The first-order valence-electron chi connectivity index (χ1n) is 7.01. The molecular formula is C16H20BrNO4. The van der Waals surface area contributed by atoms with E-state index in [0.717, 1.165) is 5.56 Å². The van der Waals surface area contributed by atoms with Gasteiger partial charge in [0.15, 0.2) is 6.23 Å². The van der Waals surface area contributed by atoms with Crippen molar-refractivity contribution in [2.75, 3.05) is 14.2 Å². The molecule has 0 aliphatic carbocycles. The summed E-state index contributed by atoms with van der Waals surface area (Å²) in [6, 6.07) is 6.52. The van der Waals surface area contributed by atoms with Gasteiger partial charge in [-0.3, -0.25) is 9.69 Å². The van der Waals surface area contributed by atoms with E-state index in [2.05, 4.69) is 15.9 Å². The van der Waals surface area contributed by atoms with E-state index < -0.39 is 18.2 Å². The Morgan fingerprint density at radius 2 is 2.00 bits per heavy atom. The molecule has 22 heavy (non-hydrogen) atoms. The zero-order chi connectivity index (χ0) is 16.5. The van der Waals surface area contributed by atoms with E-state index in [1.165, 1.54) is 19.1 Å². The molecule has 1 aliphatic rings. The van der Waals surface area contributed by atoms with Crippen LogP contribution in [0.15, 0.2) is 24.3 Å². The standard InChI is InChI=1S/C16H20BrNO4/c1-16(2,17)9-12(15(20)22-4)18-13(19)10-7-5-6-8-11(10)14(18)21-3/h5-8,12,14H,9H2,1-4H3/t12-,14+/m0/s1. The molecule has 1 aromatic carbocycles. The van der Waals surface area contributed by atoms with Crippen LogP contribution in [0.5, 0.6) is 0 Å². The number of alkyl halides is 1. The van der Waals surface area contributed by atoms with Crippen molar-refractivity contribution in [2.24, 2.45) is 0 Å². The molecular weight excluding hydrogens is 350 g/mol. The highest BCUT2D eigenvalue weighted by Gasteiger charge is 2.45. The van der Waals surface area contributed by atoms with Gasteiger partial charge in [0.05, 0.1) is 7.11 Å². The van der Waals surface area contributed by atoms with Crippen LogP contribution in [0.3, 0.4) is 0 Å². The van der Waals surface area contributed by atoms with Gasteiger partial charge in [-0.2, -0.15) is 0 Å². The molecule has 0 aromatic heterocycles. The molecule has 1 heterocycles. The third-order valence-corrected chi connectivity index (χ3v) is 3.98. The SMILES string of the molecule is COC(=O)[C@H](CC(C)(C)Br)N1C(=O)c2ccccc2[C@H]1OC. The van der Waals surface area contributed by atoms with Gasteiger partial charge in [-0.25, -0.2) is 4.79 Å².